The summed E-state index contributed by atoms with van der Waals surface area (Å²) in [6.45, 7) is 3.78. The van der Waals surface area contributed by atoms with Crippen LogP contribution in [-0.4, -0.2) is 30.2 Å². The van der Waals surface area contributed by atoms with E-state index >= 15 is 0 Å². The Morgan fingerprint density at radius 2 is 2.00 bits per heavy atom. The lowest BCUT2D eigenvalue weighted by Gasteiger charge is -2.19. The molecule has 1 unspecified atom stereocenters. The number of halogens is 2. The number of pyridine rings is 1. The van der Waals surface area contributed by atoms with Crippen LogP contribution in [-0.2, 0) is 7.05 Å². The summed E-state index contributed by atoms with van der Waals surface area (Å²) in [6, 6.07) is 10.5. The molecule has 9 heteroatoms. The van der Waals surface area contributed by atoms with Gasteiger partial charge in [0.05, 0.1) is 10.7 Å². The first-order chi connectivity index (χ1) is 14.8. The zero-order chi connectivity index (χ0) is 22.1. The Balaban J connectivity index is 1.72. The van der Waals surface area contributed by atoms with Gasteiger partial charge in [0.25, 0.3) is 5.91 Å². The summed E-state index contributed by atoms with van der Waals surface area (Å²) in [4.78, 5) is 22.0. The molecule has 1 N–H and O–H groups in total. The van der Waals surface area contributed by atoms with Gasteiger partial charge >= 0.3 is 0 Å². The molecular weight excluding hydrogens is 419 g/mol. The second kappa shape index (κ2) is 8.31. The molecule has 1 amide bonds. The number of benzene rings is 1. The predicted molar refractivity (Wildman–Crippen MR) is 115 cm³/mol. The van der Waals surface area contributed by atoms with Gasteiger partial charge in [0.15, 0.2) is 5.82 Å². The number of nitrogens with zero attached hydrogens (tertiary/aromatic N) is 5. The molecule has 1 atom stereocenters. The Morgan fingerprint density at radius 1 is 1.19 bits per heavy atom. The van der Waals surface area contributed by atoms with Crippen molar-refractivity contribution in [2.24, 2.45) is 7.05 Å². The van der Waals surface area contributed by atoms with Gasteiger partial charge < -0.3 is 9.88 Å². The Hall–Kier alpha value is -3.52. The van der Waals surface area contributed by atoms with Crippen LogP contribution in [0.2, 0.25) is 5.02 Å². The number of carbonyl (C=O) groups excluding carboxylic acids is 1. The van der Waals surface area contributed by atoms with Crippen LogP contribution in [0.25, 0.3) is 5.82 Å². The van der Waals surface area contributed by atoms with Gasteiger partial charge in [0, 0.05) is 25.1 Å². The Kier molecular flexibility index (Phi) is 5.56. The first-order valence-corrected chi connectivity index (χ1v) is 9.95. The topological polar surface area (TPSA) is 77.6 Å². The van der Waals surface area contributed by atoms with Gasteiger partial charge in [-0.3, -0.25) is 4.79 Å². The first-order valence-electron chi connectivity index (χ1n) is 9.57. The lowest BCUT2D eigenvalue weighted by molar-refractivity contribution is 0.0936. The summed E-state index contributed by atoms with van der Waals surface area (Å²) in [5.41, 5.74) is 2.31. The maximum atomic E-state index is 13.9. The average Bonchev–Trinajstić information content (AvgIpc) is 3.30. The van der Waals surface area contributed by atoms with E-state index in [4.69, 9.17) is 11.6 Å². The van der Waals surface area contributed by atoms with Crippen molar-refractivity contribution in [3.8, 4) is 5.82 Å². The molecule has 0 radical (unpaired) electrons. The highest BCUT2D eigenvalue weighted by molar-refractivity contribution is 6.33. The van der Waals surface area contributed by atoms with E-state index in [0.29, 0.717) is 17.2 Å². The van der Waals surface area contributed by atoms with Gasteiger partial charge in [0.1, 0.15) is 23.4 Å². The van der Waals surface area contributed by atoms with Crippen molar-refractivity contribution in [1.82, 2.24) is 29.6 Å². The van der Waals surface area contributed by atoms with E-state index in [2.05, 4.69) is 20.4 Å². The van der Waals surface area contributed by atoms with Gasteiger partial charge in [-0.25, -0.2) is 19.0 Å². The summed E-state index contributed by atoms with van der Waals surface area (Å²) in [5.74, 6) is 0.100. The highest BCUT2D eigenvalue weighted by Gasteiger charge is 2.24. The minimum atomic E-state index is -0.696. The molecule has 0 aliphatic carbocycles. The van der Waals surface area contributed by atoms with Crippen molar-refractivity contribution >= 4 is 17.5 Å². The normalized spacial score (nSPS) is 12.0. The first kappa shape index (κ1) is 20.7. The number of aryl methyl sites for hydroxylation is 3. The number of nitrogens with one attached hydrogen (secondary N) is 1. The molecule has 0 spiro atoms. The third-order valence-electron chi connectivity index (χ3n) is 4.85. The van der Waals surface area contributed by atoms with Crippen LogP contribution in [0.4, 0.5) is 4.39 Å². The smallest absolute Gasteiger partial charge is 0.272 e. The molecule has 158 valence electrons. The molecule has 4 rings (SSSR count). The van der Waals surface area contributed by atoms with E-state index < -0.39 is 17.8 Å². The molecule has 0 saturated carbocycles. The molecule has 0 aliphatic heterocycles. The summed E-state index contributed by atoms with van der Waals surface area (Å²) < 4.78 is 17.3. The van der Waals surface area contributed by atoms with Gasteiger partial charge in [-0.15, -0.1) is 0 Å². The largest absolute Gasteiger partial charge is 0.337 e. The van der Waals surface area contributed by atoms with E-state index in [9.17, 15) is 9.18 Å². The van der Waals surface area contributed by atoms with Gasteiger partial charge in [-0.05, 0) is 49.7 Å². The van der Waals surface area contributed by atoms with E-state index in [1.165, 1.54) is 12.1 Å². The quantitative estimate of drug-likeness (QED) is 0.512. The zero-order valence-corrected chi connectivity index (χ0v) is 17.9. The van der Waals surface area contributed by atoms with E-state index in [1.807, 2.05) is 19.9 Å². The molecule has 7 nitrogen and oxygen atoms in total. The van der Waals surface area contributed by atoms with Crippen LogP contribution in [0.1, 0.15) is 39.3 Å². The van der Waals surface area contributed by atoms with Crippen LogP contribution in [0.3, 0.4) is 0 Å². The van der Waals surface area contributed by atoms with Crippen molar-refractivity contribution in [1.29, 1.82) is 0 Å². The Bertz CT molecular complexity index is 1260. The summed E-state index contributed by atoms with van der Waals surface area (Å²) in [6.07, 6.45) is 3.37. The molecule has 31 heavy (non-hydrogen) atoms. The van der Waals surface area contributed by atoms with Crippen molar-refractivity contribution in [3.05, 3.63) is 94.2 Å². The molecule has 3 aromatic heterocycles. The number of aromatic nitrogens is 5. The van der Waals surface area contributed by atoms with Gasteiger partial charge in [-0.1, -0.05) is 23.7 Å². The molecule has 0 saturated heterocycles. The fourth-order valence-electron chi connectivity index (χ4n) is 3.41. The molecular formula is C22H20ClFN6O. The minimum absolute atomic E-state index is 0.0438. The lowest BCUT2D eigenvalue weighted by Crippen LogP contribution is -2.32. The maximum absolute atomic E-state index is 13.9. The van der Waals surface area contributed by atoms with Crippen LogP contribution in [0.5, 0.6) is 0 Å². The monoisotopic (exact) mass is 438 g/mol. The summed E-state index contributed by atoms with van der Waals surface area (Å²) in [7, 11) is 1.80. The number of hydrogen-bond acceptors (Lipinski definition) is 4. The third-order valence-corrected chi connectivity index (χ3v) is 5.15. The number of imidazole rings is 1. The molecule has 3 heterocycles. The molecule has 1 aromatic carbocycles. The molecule has 0 fully saturated rings. The highest BCUT2D eigenvalue weighted by atomic mass is 35.5. The van der Waals surface area contributed by atoms with Crippen LogP contribution < -0.4 is 5.32 Å². The van der Waals surface area contributed by atoms with Crippen molar-refractivity contribution in [2.75, 3.05) is 0 Å². The van der Waals surface area contributed by atoms with Gasteiger partial charge in [0.2, 0.25) is 0 Å². The van der Waals surface area contributed by atoms with Crippen molar-refractivity contribution < 1.29 is 9.18 Å². The Labute approximate surface area is 183 Å². The van der Waals surface area contributed by atoms with E-state index in [1.54, 1.807) is 53.0 Å². The number of carbonyl (C=O) groups is 1. The molecule has 4 aromatic rings. The van der Waals surface area contributed by atoms with Crippen molar-refractivity contribution in [3.63, 3.8) is 0 Å². The number of rotatable bonds is 5. The minimum Gasteiger partial charge on any atom is -0.337 e. The maximum Gasteiger partial charge on any atom is 0.272 e. The highest BCUT2D eigenvalue weighted by Crippen LogP contribution is 2.24. The molecule has 0 bridgehead atoms. The van der Waals surface area contributed by atoms with Crippen molar-refractivity contribution in [2.45, 2.75) is 19.9 Å². The third kappa shape index (κ3) is 4.20. The van der Waals surface area contributed by atoms with Gasteiger partial charge in [-0.2, -0.15) is 5.10 Å². The number of hydrogen-bond donors (Lipinski definition) is 1. The van der Waals surface area contributed by atoms with Crippen LogP contribution in [0, 0.1) is 19.7 Å². The lowest BCUT2D eigenvalue weighted by atomic mass is 10.1. The van der Waals surface area contributed by atoms with Crippen LogP contribution >= 0.6 is 11.6 Å². The summed E-state index contributed by atoms with van der Waals surface area (Å²) >= 11 is 6.30. The fourth-order valence-corrected chi connectivity index (χ4v) is 3.60. The summed E-state index contributed by atoms with van der Waals surface area (Å²) in [5, 5.41) is 7.49. The van der Waals surface area contributed by atoms with E-state index in [-0.39, 0.29) is 10.7 Å². The zero-order valence-electron chi connectivity index (χ0n) is 17.2. The second-order valence-corrected chi connectivity index (χ2v) is 7.60. The molecule has 0 aliphatic rings. The standard InChI is InChI=1S/C22H20ClFN6O/c1-13-11-14(2)30(28-13)18-8-7-17(23)20(26-18)22(31)27-19(21-25-9-10-29(21)3)15-5-4-6-16(24)12-15/h4-12,19H,1-3H3,(H,27,31). The van der Waals surface area contributed by atoms with Crippen LogP contribution in [0.15, 0.2) is 54.9 Å². The fraction of sp³-hybridized carbons (Fsp3) is 0.182. The van der Waals surface area contributed by atoms with E-state index in [0.717, 1.165) is 11.4 Å². The SMILES string of the molecule is Cc1cc(C)n(-c2ccc(Cl)c(C(=O)NC(c3cccc(F)c3)c3nccn3C)n2)n1. The Morgan fingerprint density at radius 3 is 2.65 bits per heavy atom. The number of amides is 1. The predicted octanol–water partition coefficient (Wildman–Crippen LogP) is 3.93. The second-order valence-electron chi connectivity index (χ2n) is 7.20. The average molecular weight is 439 g/mol.